The van der Waals surface area contributed by atoms with E-state index >= 15 is 0 Å². The first-order valence-electron chi connectivity index (χ1n) is 8.57. The van der Waals surface area contributed by atoms with Crippen molar-refractivity contribution in [3.05, 3.63) is 65.6 Å². The fourth-order valence-corrected chi connectivity index (χ4v) is 3.52. The number of benzene rings is 1. The van der Waals surface area contributed by atoms with E-state index in [1.165, 1.54) is 17.5 Å². The molecule has 122 valence electrons. The molecule has 0 radical (unpaired) electrons. The van der Waals surface area contributed by atoms with Crippen LogP contribution in [0.1, 0.15) is 42.9 Å². The maximum atomic E-state index is 5.80. The van der Waals surface area contributed by atoms with Gasteiger partial charge in [-0.1, -0.05) is 38.1 Å². The summed E-state index contributed by atoms with van der Waals surface area (Å²) in [5.74, 6) is 3.01. The van der Waals surface area contributed by atoms with E-state index in [4.69, 9.17) is 8.83 Å². The van der Waals surface area contributed by atoms with Crippen LogP contribution >= 0.6 is 0 Å². The van der Waals surface area contributed by atoms with Gasteiger partial charge in [0.25, 0.3) is 0 Å². The molecule has 2 heterocycles. The van der Waals surface area contributed by atoms with Crippen molar-refractivity contribution >= 4 is 6.08 Å². The smallest absolute Gasteiger partial charge is 0.139 e. The second-order valence-corrected chi connectivity index (χ2v) is 7.07. The second-order valence-electron chi connectivity index (χ2n) is 7.07. The lowest BCUT2D eigenvalue weighted by molar-refractivity contribution is 0.553. The van der Waals surface area contributed by atoms with E-state index in [9.17, 15) is 0 Å². The van der Waals surface area contributed by atoms with Crippen molar-refractivity contribution in [3.8, 4) is 22.6 Å². The van der Waals surface area contributed by atoms with E-state index in [1.54, 1.807) is 12.5 Å². The van der Waals surface area contributed by atoms with E-state index in [2.05, 4.69) is 50.3 Å². The molecule has 2 aromatic heterocycles. The molecule has 4 rings (SSSR count). The van der Waals surface area contributed by atoms with Crippen LogP contribution in [0.15, 0.2) is 57.8 Å². The van der Waals surface area contributed by atoms with Crippen LogP contribution in [0.25, 0.3) is 28.7 Å². The Morgan fingerprint density at radius 2 is 1.92 bits per heavy atom. The number of fused-ring (bicyclic) bond motifs is 1. The predicted octanol–water partition coefficient (Wildman–Crippen LogP) is 6.67. The summed E-state index contributed by atoms with van der Waals surface area (Å²) in [4.78, 5) is 0. The summed E-state index contributed by atoms with van der Waals surface area (Å²) in [6.07, 6.45) is 9.25. The lowest BCUT2D eigenvalue weighted by Crippen LogP contribution is -1.98. The molecule has 3 aromatic rings. The van der Waals surface area contributed by atoms with Gasteiger partial charge in [-0.05, 0) is 54.2 Å². The summed E-state index contributed by atoms with van der Waals surface area (Å²) in [6.45, 7) is 6.60. The molecule has 0 saturated heterocycles. The van der Waals surface area contributed by atoms with Crippen LogP contribution < -0.4 is 0 Å². The van der Waals surface area contributed by atoms with Gasteiger partial charge < -0.3 is 8.83 Å². The number of hydrogen-bond acceptors (Lipinski definition) is 2. The van der Waals surface area contributed by atoms with Crippen LogP contribution in [0.2, 0.25) is 0 Å². The first-order valence-corrected chi connectivity index (χ1v) is 8.57. The fourth-order valence-electron chi connectivity index (χ4n) is 3.52. The number of aryl methyl sites for hydroxylation is 1. The Kier molecular flexibility index (Phi) is 3.68. The van der Waals surface area contributed by atoms with Crippen molar-refractivity contribution < 1.29 is 8.83 Å². The van der Waals surface area contributed by atoms with Gasteiger partial charge in [-0.25, -0.2) is 0 Å². The lowest BCUT2D eigenvalue weighted by Gasteiger charge is -2.13. The predicted molar refractivity (Wildman–Crippen MR) is 97.8 cm³/mol. The molecular weight excluding hydrogens is 296 g/mol. The number of allylic oxidation sites excluding steroid dienone is 1. The van der Waals surface area contributed by atoms with Crippen LogP contribution in [-0.2, 0) is 0 Å². The van der Waals surface area contributed by atoms with Crippen molar-refractivity contribution in [2.45, 2.75) is 33.1 Å². The molecule has 1 aliphatic carbocycles. The molecule has 0 N–H and O–H groups in total. The molecule has 24 heavy (non-hydrogen) atoms. The zero-order valence-corrected chi connectivity index (χ0v) is 14.4. The second kappa shape index (κ2) is 5.86. The van der Waals surface area contributed by atoms with E-state index in [0.29, 0.717) is 11.8 Å². The van der Waals surface area contributed by atoms with Gasteiger partial charge in [-0.3, -0.25) is 0 Å². The molecule has 0 bridgehead atoms. The van der Waals surface area contributed by atoms with Crippen molar-refractivity contribution in [3.63, 3.8) is 0 Å². The zero-order valence-electron chi connectivity index (χ0n) is 14.4. The molecule has 0 saturated carbocycles. The average molecular weight is 318 g/mol. The van der Waals surface area contributed by atoms with Crippen LogP contribution in [0.5, 0.6) is 0 Å². The molecular formula is C22H22O2. The van der Waals surface area contributed by atoms with Crippen molar-refractivity contribution in [2.24, 2.45) is 5.92 Å². The Bertz CT molecular complexity index is 892. The fraction of sp³-hybridized carbons (Fsp3) is 0.273. The number of furan rings is 2. The van der Waals surface area contributed by atoms with Crippen LogP contribution in [-0.4, -0.2) is 0 Å². The van der Waals surface area contributed by atoms with E-state index in [0.717, 1.165) is 28.2 Å². The maximum Gasteiger partial charge on any atom is 0.139 e. The Hall–Kier alpha value is -2.48. The standard InChI is InChI=1S/C22H22O2/c1-14(2)10-16-4-5-17-11-18(6-7-20(16)17)21-12-19(13-24-21)22-15(3)8-9-23-22/h4-9,11-14,16H,10H2,1-3H3. The van der Waals surface area contributed by atoms with Gasteiger partial charge in [0.2, 0.25) is 0 Å². The number of hydrogen-bond donors (Lipinski definition) is 0. The topological polar surface area (TPSA) is 26.3 Å². The van der Waals surface area contributed by atoms with Gasteiger partial charge in [0.15, 0.2) is 0 Å². The summed E-state index contributed by atoms with van der Waals surface area (Å²) >= 11 is 0. The minimum atomic E-state index is 0.548. The van der Waals surface area contributed by atoms with E-state index in [1.807, 2.05) is 13.0 Å². The van der Waals surface area contributed by atoms with Gasteiger partial charge in [0.05, 0.1) is 11.8 Å². The Morgan fingerprint density at radius 1 is 1.04 bits per heavy atom. The zero-order chi connectivity index (χ0) is 16.7. The molecule has 1 aromatic carbocycles. The first kappa shape index (κ1) is 15.1. The van der Waals surface area contributed by atoms with Crippen molar-refractivity contribution in [1.82, 2.24) is 0 Å². The molecule has 2 heteroatoms. The summed E-state index contributed by atoms with van der Waals surface area (Å²) in [6, 6.07) is 10.7. The summed E-state index contributed by atoms with van der Waals surface area (Å²) in [5, 5.41) is 0. The Morgan fingerprint density at radius 3 is 2.67 bits per heavy atom. The first-order chi connectivity index (χ1) is 11.6. The molecule has 0 fully saturated rings. The van der Waals surface area contributed by atoms with E-state index < -0.39 is 0 Å². The van der Waals surface area contributed by atoms with Gasteiger partial charge in [0.1, 0.15) is 17.8 Å². The highest BCUT2D eigenvalue weighted by Crippen LogP contribution is 2.38. The van der Waals surface area contributed by atoms with Crippen LogP contribution in [0.3, 0.4) is 0 Å². The minimum absolute atomic E-state index is 0.548. The highest BCUT2D eigenvalue weighted by atomic mass is 16.3. The third-order valence-electron chi connectivity index (χ3n) is 4.73. The van der Waals surface area contributed by atoms with Crippen LogP contribution in [0.4, 0.5) is 0 Å². The van der Waals surface area contributed by atoms with E-state index in [-0.39, 0.29) is 0 Å². The molecule has 0 amide bonds. The highest BCUT2D eigenvalue weighted by molar-refractivity contribution is 5.73. The van der Waals surface area contributed by atoms with Crippen molar-refractivity contribution in [1.29, 1.82) is 0 Å². The molecule has 2 nitrogen and oxygen atoms in total. The van der Waals surface area contributed by atoms with Gasteiger partial charge in [-0.15, -0.1) is 0 Å². The summed E-state index contributed by atoms with van der Waals surface area (Å²) < 4.78 is 11.3. The lowest BCUT2D eigenvalue weighted by atomic mass is 9.91. The summed E-state index contributed by atoms with van der Waals surface area (Å²) in [7, 11) is 0. The molecule has 0 aliphatic heterocycles. The van der Waals surface area contributed by atoms with Gasteiger partial charge in [-0.2, -0.15) is 0 Å². The number of rotatable bonds is 4. The summed E-state index contributed by atoms with van der Waals surface area (Å²) in [5.41, 5.74) is 5.96. The molecule has 1 aliphatic rings. The highest BCUT2D eigenvalue weighted by Gasteiger charge is 2.19. The van der Waals surface area contributed by atoms with Crippen LogP contribution in [0, 0.1) is 12.8 Å². The minimum Gasteiger partial charge on any atom is -0.464 e. The van der Waals surface area contributed by atoms with Gasteiger partial charge in [0, 0.05) is 11.5 Å². The SMILES string of the molecule is Cc1ccoc1-c1coc(-c2ccc3c(c2)C=CC3CC(C)C)c1. The maximum absolute atomic E-state index is 5.80. The molecule has 1 unspecified atom stereocenters. The van der Waals surface area contributed by atoms with Gasteiger partial charge >= 0.3 is 0 Å². The Balaban J connectivity index is 1.64. The normalized spacial score (nSPS) is 16.1. The molecule has 0 spiro atoms. The largest absolute Gasteiger partial charge is 0.464 e. The Labute approximate surface area is 142 Å². The quantitative estimate of drug-likeness (QED) is 0.537. The third kappa shape index (κ3) is 2.62. The third-order valence-corrected chi connectivity index (χ3v) is 4.73. The van der Waals surface area contributed by atoms with Crippen molar-refractivity contribution in [2.75, 3.05) is 0 Å². The molecule has 1 atom stereocenters. The monoisotopic (exact) mass is 318 g/mol. The average Bonchev–Trinajstić information content (AvgIpc) is 3.26.